The van der Waals surface area contributed by atoms with E-state index in [9.17, 15) is 9.59 Å². The summed E-state index contributed by atoms with van der Waals surface area (Å²) >= 11 is 0. The summed E-state index contributed by atoms with van der Waals surface area (Å²) in [5.74, 6) is -1.36. The number of nitrogens with one attached hydrogen (secondary N) is 1. The molecule has 1 aliphatic carbocycles. The number of rotatable bonds is 3. The zero-order valence-electron chi connectivity index (χ0n) is 12.0. The van der Waals surface area contributed by atoms with E-state index in [2.05, 4.69) is 19.2 Å². The van der Waals surface area contributed by atoms with Crippen molar-refractivity contribution >= 4 is 11.9 Å². The number of carbonyl (C=O) groups excluding carboxylic acids is 1. The summed E-state index contributed by atoms with van der Waals surface area (Å²) in [5, 5.41) is 12.1. The Morgan fingerprint density at radius 1 is 1.25 bits per heavy atom. The van der Waals surface area contributed by atoms with Gasteiger partial charge in [-0.15, -0.1) is 0 Å². The molecule has 2 rings (SSSR count). The van der Waals surface area contributed by atoms with Gasteiger partial charge in [0.05, 0.1) is 11.1 Å². The van der Waals surface area contributed by atoms with Crippen molar-refractivity contribution in [1.29, 1.82) is 0 Å². The number of amides is 1. The third kappa shape index (κ3) is 3.38. The Morgan fingerprint density at radius 3 is 2.50 bits per heavy atom. The van der Waals surface area contributed by atoms with Crippen LogP contribution in [0.2, 0.25) is 0 Å². The molecule has 1 aromatic carbocycles. The molecule has 0 radical (unpaired) electrons. The van der Waals surface area contributed by atoms with Crippen LogP contribution >= 0.6 is 0 Å². The van der Waals surface area contributed by atoms with Gasteiger partial charge in [-0.25, -0.2) is 4.79 Å². The third-order valence-corrected chi connectivity index (χ3v) is 3.94. The standard InChI is InChI=1S/C16H21NO3/c1-16(2)9-5-6-11(10-16)17-14(18)12-7-3-4-8-13(12)15(19)20/h3-4,7-8,11H,5-6,9-10H2,1-2H3,(H,17,18)(H,19,20). The summed E-state index contributed by atoms with van der Waals surface area (Å²) in [6.45, 7) is 4.41. The molecule has 0 spiro atoms. The molecule has 1 atom stereocenters. The SMILES string of the molecule is CC1(C)CCCC(NC(=O)c2ccccc2C(=O)O)C1. The van der Waals surface area contributed by atoms with Crippen LogP contribution in [-0.2, 0) is 0 Å². The average Bonchev–Trinajstić information content (AvgIpc) is 2.37. The van der Waals surface area contributed by atoms with Crippen molar-refractivity contribution in [3.63, 3.8) is 0 Å². The summed E-state index contributed by atoms with van der Waals surface area (Å²) < 4.78 is 0. The van der Waals surface area contributed by atoms with Crippen LogP contribution in [0.5, 0.6) is 0 Å². The molecular weight excluding hydrogens is 254 g/mol. The van der Waals surface area contributed by atoms with Crippen molar-refractivity contribution in [2.45, 2.75) is 45.6 Å². The minimum atomic E-state index is -1.07. The number of carboxylic acid groups (broad SMARTS) is 1. The minimum Gasteiger partial charge on any atom is -0.478 e. The lowest BCUT2D eigenvalue weighted by Crippen LogP contribution is -2.41. The highest BCUT2D eigenvalue weighted by molar-refractivity contribution is 6.04. The molecule has 0 aliphatic heterocycles. The van der Waals surface area contributed by atoms with E-state index in [1.807, 2.05) is 0 Å². The van der Waals surface area contributed by atoms with Gasteiger partial charge >= 0.3 is 5.97 Å². The second-order valence-electron chi connectivity index (χ2n) is 6.28. The third-order valence-electron chi connectivity index (χ3n) is 3.94. The van der Waals surface area contributed by atoms with E-state index in [4.69, 9.17) is 5.11 Å². The number of carbonyl (C=O) groups is 2. The molecule has 20 heavy (non-hydrogen) atoms. The fourth-order valence-electron chi connectivity index (χ4n) is 2.95. The van der Waals surface area contributed by atoms with Crippen molar-refractivity contribution < 1.29 is 14.7 Å². The van der Waals surface area contributed by atoms with Crippen molar-refractivity contribution in [3.05, 3.63) is 35.4 Å². The van der Waals surface area contributed by atoms with Crippen molar-refractivity contribution in [1.82, 2.24) is 5.32 Å². The summed E-state index contributed by atoms with van der Waals surface area (Å²) in [4.78, 5) is 23.4. The maximum Gasteiger partial charge on any atom is 0.336 e. The summed E-state index contributed by atoms with van der Waals surface area (Å²) in [5.41, 5.74) is 0.533. The van der Waals surface area contributed by atoms with Gasteiger partial charge in [-0.05, 0) is 36.8 Å². The number of hydrogen-bond acceptors (Lipinski definition) is 2. The first kappa shape index (κ1) is 14.6. The lowest BCUT2D eigenvalue weighted by Gasteiger charge is -2.35. The number of carboxylic acids is 1. The first-order valence-electron chi connectivity index (χ1n) is 7.02. The Hall–Kier alpha value is -1.84. The summed E-state index contributed by atoms with van der Waals surface area (Å²) in [7, 11) is 0. The van der Waals surface area contributed by atoms with E-state index in [1.54, 1.807) is 18.2 Å². The molecule has 0 bridgehead atoms. The molecule has 4 nitrogen and oxygen atoms in total. The van der Waals surface area contributed by atoms with Gasteiger partial charge < -0.3 is 10.4 Å². The van der Waals surface area contributed by atoms with E-state index in [-0.39, 0.29) is 28.5 Å². The lowest BCUT2D eigenvalue weighted by atomic mass is 9.75. The van der Waals surface area contributed by atoms with Gasteiger partial charge in [0.15, 0.2) is 0 Å². The normalized spacial score (nSPS) is 21.2. The molecular formula is C16H21NO3. The van der Waals surface area contributed by atoms with E-state index >= 15 is 0 Å². The van der Waals surface area contributed by atoms with Crippen LogP contribution in [0.3, 0.4) is 0 Å². The van der Waals surface area contributed by atoms with Gasteiger partial charge in [0, 0.05) is 6.04 Å². The zero-order valence-corrected chi connectivity index (χ0v) is 12.0. The second kappa shape index (κ2) is 5.65. The molecule has 0 aromatic heterocycles. The number of aromatic carboxylic acids is 1. The topological polar surface area (TPSA) is 66.4 Å². The molecule has 1 aromatic rings. The Balaban J connectivity index is 2.11. The van der Waals surface area contributed by atoms with Gasteiger partial charge in [-0.1, -0.05) is 32.4 Å². The van der Waals surface area contributed by atoms with E-state index in [0.29, 0.717) is 0 Å². The molecule has 0 saturated heterocycles. The van der Waals surface area contributed by atoms with Gasteiger partial charge in [0.25, 0.3) is 5.91 Å². The largest absolute Gasteiger partial charge is 0.478 e. The summed E-state index contributed by atoms with van der Waals surface area (Å²) in [6, 6.07) is 6.47. The first-order valence-corrected chi connectivity index (χ1v) is 7.02. The average molecular weight is 275 g/mol. The Kier molecular flexibility index (Phi) is 4.12. The number of benzene rings is 1. The highest BCUT2D eigenvalue weighted by Gasteiger charge is 2.29. The number of hydrogen-bond donors (Lipinski definition) is 2. The molecule has 1 aliphatic rings. The van der Waals surface area contributed by atoms with Gasteiger partial charge in [-0.3, -0.25) is 4.79 Å². The second-order valence-corrected chi connectivity index (χ2v) is 6.28. The molecule has 2 N–H and O–H groups in total. The van der Waals surface area contributed by atoms with E-state index in [1.165, 1.54) is 12.5 Å². The van der Waals surface area contributed by atoms with Crippen LogP contribution < -0.4 is 5.32 Å². The maximum absolute atomic E-state index is 12.3. The Morgan fingerprint density at radius 2 is 1.90 bits per heavy atom. The highest BCUT2D eigenvalue weighted by atomic mass is 16.4. The van der Waals surface area contributed by atoms with Crippen LogP contribution in [0.4, 0.5) is 0 Å². The van der Waals surface area contributed by atoms with Crippen LogP contribution in [0.1, 0.15) is 60.2 Å². The summed E-state index contributed by atoms with van der Waals surface area (Å²) in [6.07, 6.45) is 4.17. The monoisotopic (exact) mass is 275 g/mol. The zero-order chi connectivity index (χ0) is 14.8. The van der Waals surface area contributed by atoms with Crippen molar-refractivity contribution in [2.75, 3.05) is 0 Å². The van der Waals surface area contributed by atoms with Crippen molar-refractivity contribution in [3.8, 4) is 0 Å². The fraction of sp³-hybridized carbons (Fsp3) is 0.500. The molecule has 0 heterocycles. The predicted molar refractivity (Wildman–Crippen MR) is 76.9 cm³/mol. The van der Waals surface area contributed by atoms with Crippen LogP contribution in [0.15, 0.2) is 24.3 Å². The minimum absolute atomic E-state index is 0.0556. The van der Waals surface area contributed by atoms with Crippen LogP contribution in [-0.4, -0.2) is 23.0 Å². The highest BCUT2D eigenvalue weighted by Crippen LogP contribution is 2.35. The van der Waals surface area contributed by atoms with E-state index < -0.39 is 5.97 Å². The Labute approximate surface area is 119 Å². The van der Waals surface area contributed by atoms with Gasteiger partial charge in [0.1, 0.15) is 0 Å². The smallest absolute Gasteiger partial charge is 0.336 e. The molecule has 1 fully saturated rings. The molecule has 4 heteroatoms. The lowest BCUT2D eigenvalue weighted by molar-refractivity contribution is 0.0689. The predicted octanol–water partition coefficient (Wildman–Crippen LogP) is 3.08. The van der Waals surface area contributed by atoms with Crippen LogP contribution in [0.25, 0.3) is 0 Å². The maximum atomic E-state index is 12.3. The first-order chi connectivity index (χ1) is 9.39. The molecule has 1 amide bonds. The van der Waals surface area contributed by atoms with E-state index in [0.717, 1.165) is 19.3 Å². The van der Waals surface area contributed by atoms with Crippen molar-refractivity contribution in [2.24, 2.45) is 5.41 Å². The quantitative estimate of drug-likeness (QED) is 0.890. The fourth-order valence-corrected chi connectivity index (χ4v) is 2.95. The van der Waals surface area contributed by atoms with Gasteiger partial charge in [-0.2, -0.15) is 0 Å². The molecule has 108 valence electrons. The molecule has 1 unspecified atom stereocenters. The van der Waals surface area contributed by atoms with Crippen LogP contribution in [0, 0.1) is 5.41 Å². The Bertz CT molecular complexity index is 522. The van der Waals surface area contributed by atoms with Gasteiger partial charge in [0.2, 0.25) is 0 Å². The molecule has 1 saturated carbocycles.